The van der Waals surface area contributed by atoms with Gasteiger partial charge in [0.05, 0.1) is 18.2 Å². The van der Waals surface area contributed by atoms with E-state index in [0.29, 0.717) is 16.3 Å². The summed E-state index contributed by atoms with van der Waals surface area (Å²) in [4.78, 5) is 29.6. The lowest BCUT2D eigenvalue weighted by Gasteiger charge is -2.23. The minimum Gasteiger partial charge on any atom is -0.508 e. The highest BCUT2D eigenvalue weighted by molar-refractivity contribution is 6.31. The van der Waals surface area contributed by atoms with E-state index in [9.17, 15) is 14.7 Å². The average molecular weight is 471 g/mol. The van der Waals surface area contributed by atoms with E-state index in [0.717, 1.165) is 11.3 Å². The van der Waals surface area contributed by atoms with E-state index in [-0.39, 0.29) is 12.2 Å². The predicted octanol–water partition coefficient (Wildman–Crippen LogP) is 4.52. The van der Waals surface area contributed by atoms with Crippen molar-refractivity contribution in [3.63, 3.8) is 0 Å². The van der Waals surface area contributed by atoms with Crippen molar-refractivity contribution in [1.82, 2.24) is 14.9 Å². The van der Waals surface area contributed by atoms with Crippen LogP contribution in [0.5, 0.6) is 5.75 Å². The Morgan fingerprint density at radius 2 is 1.88 bits per heavy atom. The molecule has 0 bridgehead atoms. The van der Waals surface area contributed by atoms with Gasteiger partial charge in [0.2, 0.25) is 5.91 Å². The predicted molar refractivity (Wildman–Crippen MR) is 127 cm³/mol. The van der Waals surface area contributed by atoms with Gasteiger partial charge in [0.15, 0.2) is 0 Å². The van der Waals surface area contributed by atoms with Gasteiger partial charge in [0.25, 0.3) is 0 Å². The van der Waals surface area contributed by atoms with Crippen LogP contribution in [0.1, 0.15) is 26.3 Å². The van der Waals surface area contributed by atoms with Crippen LogP contribution in [0.3, 0.4) is 0 Å². The topological polar surface area (TPSA) is 105 Å². The van der Waals surface area contributed by atoms with Crippen molar-refractivity contribution in [3.8, 4) is 17.0 Å². The molecular formula is C24H27ClN4O4. The molecule has 0 aliphatic rings. The highest BCUT2D eigenvalue weighted by Gasteiger charge is 2.26. The molecule has 174 valence electrons. The Morgan fingerprint density at radius 3 is 2.48 bits per heavy atom. The number of ether oxygens (including phenoxy) is 1. The molecule has 1 aromatic heterocycles. The van der Waals surface area contributed by atoms with Crippen LogP contribution in [-0.4, -0.2) is 38.3 Å². The van der Waals surface area contributed by atoms with Gasteiger partial charge in [0, 0.05) is 24.2 Å². The number of carbonyl (C=O) groups is 2. The first-order valence-corrected chi connectivity index (χ1v) is 10.7. The number of rotatable bonds is 6. The van der Waals surface area contributed by atoms with Crippen molar-refractivity contribution >= 4 is 29.3 Å². The quantitative estimate of drug-likeness (QED) is 0.491. The Bertz CT molecular complexity index is 1140. The lowest BCUT2D eigenvalue weighted by molar-refractivity contribution is -0.118. The summed E-state index contributed by atoms with van der Waals surface area (Å²) in [6.45, 7) is 5.20. The minimum absolute atomic E-state index is 0.0107. The summed E-state index contributed by atoms with van der Waals surface area (Å²) in [6, 6.07) is 10.7. The second kappa shape index (κ2) is 9.95. The Labute approximate surface area is 197 Å². The molecule has 0 spiro atoms. The number of nitrogens with one attached hydrogen (secondary N) is 2. The van der Waals surface area contributed by atoms with Crippen LogP contribution in [0.4, 0.5) is 10.5 Å². The smallest absolute Gasteiger partial charge is 0.408 e. The van der Waals surface area contributed by atoms with Crippen LogP contribution in [0.15, 0.2) is 55.0 Å². The number of hydrogen-bond donors (Lipinski definition) is 3. The SMILES string of the molecule is Cn1cncc1-c1ccc(NC(=O)[C@H](Cc2cc(O)ccc2Cl)NC(=O)OC(C)(C)C)cc1. The van der Waals surface area contributed by atoms with Crippen molar-refractivity contribution in [1.29, 1.82) is 0 Å². The molecule has 33 heavy (non-hydrogen) atoms. The summed E-state index contributed by atoms with van der Waals surface area (Å²) < 4.78 is 7.20. The molecule has 0 saturated heterocycles. The molecule has 1 atom stereocenters. The number of amides is 2. The Balaban J connectivity index is 1.78. The molecule has 0 fully saturated rings. The number of phenolic OH excluding ortho intramolecular Hbond substituents is 1. The second-order valence-electron chi connectivity index (χ2n) is 8.64. The fourth-order valence-corrected chi connectivity index (χ4v) is 3.38. The lowest BCUT2D eigenvalue weighted by atomic mass is 10.0. The maximum atomic E-state index is 13.1. The number of alkyl carbamates (subject to hydrolysis) is 1. The molecule has 2 aromatic carbocycles. The molecule has 0 unspecified atom stereocenters. The van der Waals surface area contributed by atoms with Crippen LogP contribution >= 0.6 is 11.6 Å². The number of aryl methyl sites for hydroxylation is 1. The number of carbonyl (C=O) groups excluding carboxylic acids is 2. The third-order valence-electron chi connectivity index (χ3n) is 4.73. The average Bonchev–Trinajstić information content (AvgIpc) is 3.15. The molecule has 1 heterocycles. The van der Waals surface area contributed by atoms with Gasteiger partial charge < -0.3 is 25.0 Å². The third-order valence-corrected chi connectivity index (χ3v) is 5.09. The number of aromatic hydroxyl groups is 1. The van der Waals surface area contributed by atoms with Crippen LogP contribution < -0.4 is 10.6 Å². The van der Waals surface area contributed by atoms with Crippen molar-refractivity contribution < 1.29 is 19.4 Å². The van der Waals surface area contributed by atoms with Gasteiger partial charge in [0.1, 0.15) is 17.4 Å². The molecule has 3 N–H and O–H groups in total. The van der Waals surface area contributed by atoms with E-state index in [1.54, 1.807) is 45.4 Å². The lowest BCUT2D eigenvalue weighted by Crippen LogP contribution is -2.47. The highest BCUT2D eigenvalue weighted by atomic mass is 35.5. The summed E-state index contributed by atoms with van der Waals surface area (Å²) >= 11 is 6.23. The van der Waals surface area contributed by atoms with E-state index in [2.05, 4.69) is 15.6 Å². The summed E-state index contributed by atoms with van der Waals surface area (Å²) in [5.41, 5.74) is 2.23. The normalized spacial score (nSPS) is 12.2. The third kappa shape index (κ3) is 6.73. The first kappa shape index (κ1) is 24.1. The Morgan fingerprint density at radius 1 is 1.18 bits per heavy atom. The molecule has 2 amide bonds. The monoisotopic (exact) mass is 470 g/mol. The van der Waals surface area contributed by atoms with Crippen molar-refractivity contribution in [2.45, 2.75) is 38.8 Å². The molecule has 8 nitrogen and oxygen atoms in total. The van der Waals surface area contributed by atoms with Crippen molar-refractivity contribution in [2.24, 2.45) is 7.05 Å². The van der Waals surface area contributed by atoms with Crippen molar-refractivity contribution in [2.75, 3.05) is 5.32 Å². The number of halogens is 1. The number of hydrogen-bond acceptors (Lipinski definition) is 5. The van der Waals surface area contributed by atoms with E-state index >= 15 is 0 Å². The largest absolute Gasteiger partial charge is 0.508 e. The highest BCUT2D eigenvalue weighted by Crippen LogP contribution is 2.24. The van der Waals surface area contributed by atoms with Crippen LogP contribution in [-0.2, 0) is 23.0 Å². The molecule has 3 aromatic rings. The maximum absolute atomic E-state index is 13.1. The van der Waals surface area contributed by atoms with Gasteiger partial charge in [-0.1, -0.05) is 23.7 Å². The number of anilines is 1. The number of nitrogens with zero attached hydrogens (tertiary/aromatic N) is 2. The van der Waals surface area contributed by atoms with E-state index in [1.807, 2.05) is 23.7 Å². The van der Waals surface area contributed by atoms with E-state index in [4.69, 9.17) is 16.3 Å². The van der Waals surface area contributed by atoms with Gasteiger partial charge in [-0.2, -0.15) is 0 Å². The van der Waals surface area contributed by atoms with Crippen LogP contribution in [0.2, 0.25) is 5.02 Å². The summed E-state index contributed by atoms with van der Waals surface area (Å²) in [5, 5.41) is 15.6. The molecule has 0 radical (unpaired) electrons. The van der Waals surface area contributed by atoms with Crippen LogP contribution in [0.25, 0.3) is 11.3 Å². The first-order chi connectivity index (χ1) is 15.5. The van der Waals surface area contributed by atoms with E-state index < -0.39 is 23.6 Å². The summed E-state index contributed by atoms with van der Waals surface area (Å²) in [5.74, 6) is -0.440. The maximum Gasteiger partial charge on any atom is 0.408 e. The van der Waals surface area contributed by atoms with Crippen molar-refractivity contribution in [3.05, 3.63) is 65.6 Å². The molecule has 9 heteroatoms. The minimum atomic E-state index is -0.990. The number of imidazole rings is 1. The Hall–Kier alpha value is -3.52. The van der Waals surface area contributed by atoms with Gasteiger partial charge >= 0.3 is 6.09 Å². The molecule has 0 saturated carbocycles. The summed E-state index contributed by atoms with van der Waals surface area (Å²) in [7, 11) is 1.90. The number of phenols is 1. The van der Waals surface area contributed by atoms with Gasteiger partial charge in [-0.05, 0) is 62.2 Å². The Kier molecular flexibility index (Phi) is 7.28. The molecular weight excluding hydrogens is 444 g/mol. The zero-order valence-corrected chi connectivity index (χ0v) is 19.7. The zero-order chi connectivity index (χ0) is 24.2. The molecule has 3 rings (SSSR count). The van der Waals surface area contributed by atoms with E-state index in [1.165, 1.54) is 18.2 Å². The first-order valence-electron chi connectivity index (χ1n) is 10.4. The number of aromatic nitrogens is 2. The second-order valence-corrected chi connectivity index (χ2v) is 9.04. The fourth-order valence-electron chi connectivity index (χ4n) is 3.19. The van der Waals surface area contributed by atoms with Crippen LogP contribution in [0, 0.1) is 0 Å². The summed E-state index contributed by atoms with van der Waals surface area (Å²) in [6.07, 6.45) is 2.80. The number of benzene rings is 2. The fraction of sp³-hybridized carbons (Fsp3) is 0.292. The van der Waals surface area contributed by atoms with Gasteiger partial charge in [-0.15, -0.1) is 0 Å². The van der Waals surface area contributed by atoms with Gasteiger partial charge in [-0.25, -0.2) is 9.78 Å². The molecule has 0 aliphatic heterocycles. The standard InChI is InChI=1S/C24H27ClN4O4/c1-24(2,3)33-23(32)28-20(12-16-11-18(30)9-10-19(16)25)22(31)27-17-7-5-15(6-8-17)21-13-26-14-29(21)4/h5-11,13-14,20,30H,12H2,1-4H3,(H,27,31)(H,28,32)/t20-/m0/s1. The van der Waals surface area contributed by atoms with Gasteiger partial charge in [-0.3, -0.25) is 4.79 Å². The zero-order valence-electron chi connectivity index (χ0n) is 18.9. The molecule has 0 aliphatic carbocycles.